The molecule has 128 valence electrons. The van der Waals surface area contributed by atoms with Gasteiger partial charge in [-0.1, -0.05) is 55.5 Å². The van der Waals surface area contributed by atoms with E-state index in [9.17, 15) is 0 Å². The van der Waals surface area contributed by atoms with Crippen LogP contribution in [-0.2, 0) is 0 Å². The molecule has 3 aromatic rings. The summed E-state index contributed by atoms with van der Waals surface area (Å²) in [5, 5.41) is 3.01. The second kappa shape index (κ2) is 8.21. The van der Waals surface area contributed by atoms with Gasteiger partial charge in [-0.25, -0.2) is 0 Å². The van der Waals surface area contributed by atoms with Crippen LogP contribution in [0.5, 0.6) is 0 Å². The van der Waals surface area contributed by atoms with E-state index in [1.807, 2.05) is 0 Å². The van der Waals surface area contributed by atoms with Gasteiger partial charge in [0.1, 0.15) is 5.66 Å². The van der Waals surface area contributed by atoms with Crippen LogP contribution < -0.4 is 10.6 Å². The highest BCUT2D eigenvalue weighted by Crippen LogP contribution is 2.67. The smallest absolute Gasteiger partial charge is 0.101 e. The minimum atomic E-state index is -1.55. The summed E-state index contributed by atoms with van der Waals surface area (Å²) in [5.41, 5.74) is 1.89. The quantitative estimate of drug-likeness (QED) is 0.395. The third-order valence-corrected chi connectivity index (χ3v) is 10.6. The Morgan fingerprint density at radius 2 is 1.24 bits per heavy atom. The molecular formula is C23H26PS+. The molecule has 25 heavy (non-hydrogen) atoms. The molecule has 2 heteroatoms. The van der Waals surface area contributed by atoms with Crippen molar-refractivity contribution in [2.24, 2.45) is 0 Å². The standard InChI is InChI=1S/C23H25PS/c1-3-18-24(21-10-6-4-7-11-21,22-12-8-5-9-13-22)19(2)20-14-16-23(25)17-15-20/h4-17,19H,3,18H2,1-2H3/p+1. The third kappa shape index (κ3) is 3.68. The molecule has 1 atom stereocenters. The van der Waals surface area contributed by atoms with Crippen molar-refractivity contribution in [2.75, 3.05) is 6.16 Å². The van der Waals surface area contributed by atoms with Crippen molar-refractivity contribution in [1.82, 2.24) is 0 Å². The summed E-state index contributed by atoms with van der Waals surface area (Å²) in [6, 6.07) is 31.1. The van der Waals surface area contributed by atoms with Gasteiger partial charge < -0.3 is 0 Å². The number of benzene rings is 3. The molecule has 3 rings (SSSR count). The Morgan fingerprint density at radius 1 is 0.760 bits per heavy atom. The summed E-state index contributed by atoms with van der Waals surface area (Å²) in [6.07, 6.45) is 2.41. The van der Waals surface area contributed by atoms with Crippen LogP contribution in [0.1, 0.15) is 31.5 Å². The Kier molecular flexibility index (Phi) is 5.99. The van der Waals surface area contributed by atoms with Crippen LogP contribution in [0.25, 0.3) is 0 Å². The summed E-state index contributed by atoms with van der Waals surface area (Å²) < 4.78 is 0. The zero-order valence-corrected chi connectivity index (χ0v) is 16.8. The molecule has 0 amide bonds. The van der Waals surface area contributed by atoms with E-state index < -0.39 is 7.26 Å². The number of rotatable bonds is 6. The summed E-state index contributed by atoms with van der Waals surface area (Å²) in [4.78, 5) is 1.02. The van der Waals surface area contributed by atoms with Crippen molar-refractivity contribution in [3.63, 3.8) is 0 Å². The monoisotopic (exact) mass is 365 g/mol. The van der Waals surface area contributed by atoms with Crippen LogP contribution in [0, 0.1) is 0 Å². The normalized spacial score (nSPS) is 12.8. The molecule has 0 aromatic heterocycles. The Balaban J connectivity index is 2.21. The molecule has 0 spiro atoms. The molecule has 1 unspecified atom stereocenters. The molecule has 0 radical (unpaired) electrons. The number of hydrogen-bond donors (Lipinski definition) is 1. The Morgan fingerprint density at radius 3 is 1.68 bits per heavy atom. The third-order valence-electron chi connectivity index (χ3n) is 5.05. The van der Waals surface area contributed by atoms with Gasteiger partial charge in [-0.2, -0.15) is 0 Å². The average molecular weight is 366 g/mol. The van der Waals surface area contributed by atoms with Gasteiger partial charge in [0.25, 0.3) is 0 Å². The predicted octanol–water partition coefficient (Wildman–Crippen LogP) is 6.11. The molecule has 0 aliphatic heterocycles. The molecule has 0 nitrogen and oxygen atoms in total. The first kappa shape index (κ1) is 18.2. The van der Waals surface area contributed by atoms with Gasteiger partial charge in [-0.3, -0.25) is 0 Å². The van der Waals surface area contributed by atoms with E-state index >= 15 is 0 Å². The molecule has 0 bridgehead atoms. The average Bonchev–Trinajstić information content (AvgIpc) is 2.67. The Hall–Kier alpha value is -1.56. The van der Waals surface area contributed by atoms with Crippen LogP contribution in [0.15, 0.2) is 89.8 Å². The highest BCUT2D eigenvalue weighted by atomic mass is 32.1. The SMILES string of the molecule is CCC[P+](c1ccccc1)(c1ccccc1)C(C)c1ccc(S)cc1. The van der Waals surface area contributed by atoms with E-state index in [1.54, 1.807) is 0 Å². The van der Waals surface area contributed by atoms with E-state index in [1.165, 1.54) is 28.8 Å². The van der Waals surface area contributed by atoms with Gasteiger partial charge in [0.2, 0.25) is 0 Å². The van der Waals surface area contributed by atoms with Gasteiger partial charge in [-0.15, -0.1) is 12.6 Å². The van der Waals surface area contributed by atoms with Crippen molar-refractivity contribution >= 4 is 30.5 Å². The van der Waals surface area contributed by atoms with E-state index in [0.717, 1.165) is 4.90 Å². The van der Waals surface area contributed by atoms with E-state index in [0.29, 0.717) is 5.66 Å². The lowest BCUT2D eigenvalue weighted by Gasteiger charge is -2.33. The van der Waals surface area contributed by atoms with Gasteiger partial charge in [0, 0.05) is 4.90 Å². The van der Waals surface area contributed by atoms with Crippen LogP contribution in [-0.4, -0.2) is 6.16 Å². The van der Waals surface area contributed by atoms with Crippen LogP contribution in [0.2, 0.25) is 0 Å². The Bertz CT molecular complexity index is 742. The lowest BCUT2D eigenvalue weighted by atomic mass is 10.2. The molecule has 0 N–H and O–H groups in total. The maximum Gasteiger partial charge on any atom is 0.101 e. The lowest BCUT2D eigenvalue weighted by molar-refractivity contribution is 1.02. The first-order valence-corrected chi connectivity index (χ1v) is 11.5. The van der Waals surface area contributed by atoms with E-state index in [2.05, 4.69) is 111 Å². The second-order valence-electron chi connectivity index (χ2n) is 6.53. The molecule has 0 saturated heterocycles. The maximum absolute atomic E-state index is 4.46. The first-order chi connectivity index (χ1) is 12.2. The Labute approximate surface area is 158 Å². The van der Waals surface area contributed by atoms with Crippen molar-refractivity contribution in [3.8, 4) is 0 Å². The summed E-state index contributed by atoms with van der Waals surface area (Å²) >= 11 is 4.46. The van der Waals surface area contributed by atoms with Crippen molar-refractivity contribution < 1.29 is 0 Å². The van der Waals surface area contributed by atoms with Crippen molar-refractivity contribution in [3.05, 3.63) is 90.5 Å². The van der Waals surface area contributed by atoms with Gasteiger partial charge in [-0.05, 0) is 55.3 Å². The lowest BCUT2D eigenvalue weighted by Crippen LogP contribution is -2.28. The fourth-order valence-electron chi connectivity index (χ4n) is 3.80. The molecule has 0 saturated carbocycles. The van der Waals surface area contributed by atoms with E-state index in [4.69, 9.17) is 0 Å². The van der Waals surface area contributed by atoms with Gasteiger partial charge in [0.05, 0.1) is 24.0 Å². The molecule has 0 fully saturated rings. The summed E-state index contributed by atoms with van der Waals surface area (Å²) in [7, 11) is -1.55. The highest BCUT2D eigenvalue weighted by molar-refractivity contribution is 7.89. The minimum absolute atomic E-state index is 0.478. The fraction of sp³-hybridized carbons (Fsp3) is 0.217. The minimum Gasteiger partial charge on any atom is -0.143 e. The van der Waals surface area contributed by atoms with E-state index in [-0.39, 0.29) is 0 Å². The van der Waals surface area contributed by atoms with Gasteiger partial charge in [0.15, 0.2) is 0 Å². The molecule has 0 heterocycles. The fourth-order valence-corrected chi connectivity index (χ4v) is 8.84. The molecule has 3 aromatic carbocycles. The van der Waals surface area contributed by atoms with Gasteiger partial charge >= 0.3 is 0 Å². The van der Waals surface area contributed by atoms with Crippen LogP contribution in [0.4, 0.5) is 0 Å². The first-order valence-electron chi connectivity index (χ1n) is 8.96. The second-order valence-corrected chi connectivity index (χ2v) is 11.0. The predicted molar refractivity (Wildman–Crippen MR) is 116 cm³/mol. The largest absolute Gasteiger partial charge is 0.143 e. The van der Waals surface area contributed by atoms with Crippen LogP contribution >= 0.6 is 19.9 Å². The highest BCUT2D eigenvalue weighted by Gasteiger charge is 2.47. The zero-order chi connectivity index (χ0) is 17.7. The number of hydrogen-bond acceptors (Lipinski definition) is 1. The topological polar surface area (TPSA) is 0 Å². The summed E-state index contributed by atoms with van der Waals surface area (Å²) in [5.74, 6) is 0. The van der Waals surface area contributed by atoms with Crippen molar-refractivity contribution in [1.29, 1.82) is 0 Å². The summed E-state index contributed by atoms with van der Waals surface area (Å²) in [6.45, 7) is 4.72. The zero-order valence-electron chi connectivity index (χ0n) is 15.0. The number of thiol groups is 1. The molecular weight excluding hydrogens is 339 g/mol. The molecule has 0 aliphatic carbocycles. The van der Waals surface area contributed by atoms with Crippen molar-refractivity contribution in [2.45, 2.75) is 30.8 Å². The molecule has 0 aliphatic rings. The maximum atomic E-state index is 4.46. The van der Waals surface area contributed by atoms with Crippen LogP contribution in [0.3, 0.4) is 0 Å².